The molecule has 0 saturated carbocycles. The highest BCUT2D eigenvalue weighted by atomic mass is 35.5. The molecular formula is C9H6ClF5O. The number of para-hydroxylation sites is 1. The standard InChI is InChI=1S/C9H6ClF5O/c10-7(8(11,12)13)9(14,15)16-6-4-2-1-3-5-6/h1-5,7H. The largest absolute Gasteiger partial charge is 0.431 e. The molecule has 1 rings (SSSR count). The van der Waals surface area contributed by atoms with Crippen LogP contribution in [0.2, 0.25) is 0 Å². The van der Waals surface area contributed by atoms with E-state index in [2.05, 4.69) is 16.3 Å². The molecule has 7 heteroatoms. The summed E-state index contributed by atoms with van der Waals surface area (Å²) in [4.78, 5) is 0. The van der Waals surface area contributed by atoms with Crippen molar-refractivity contribution in [1.82, 2.24) is 0 Å². The first-order chi connectivity index (χ1) is 7.23. The van der Waals surface area contributed by atoms with Crippen LogP contribution in [0.15, 0.2) is 30.3 Å². The van der Waals surface area contributed by atoms with E-state index >= 15 is 0 Å². The van der Waals surface area contributed by atoms with E-state index in [1.807, 2.05) is 0 Å². The molecule has 0 saturated heterocycles. The average Bonchev–Trinajstić information content (AvgIpc) is 2.16. The molecule has 0 aliphatic heterocycles. The lowest BCUT2D eigenvalue weighted by Crippen LogP contribution is -2.44. The van der Waals surface area contributed by atoms with E-state index in [-0.39, 0.29) is 5.75 Å². The van der Waals surface area contributed by atoms with Crippen molar-refractivity contribution in [3.8, 4) is 5.75 Å². The Kier molecular flexibility index (Phi) is 3.62. The van der Waals surface area contributed by atoms with E-state index in [0.29, 0.717) is 0 Å². The summed E-state index contributed by atoms with van der Waals surface area (Å²) in [5.41, 5.74) is 0. The topological polar surface area (TPSA) is 9.23 Å². The summed E-state index contributed by atoms with van der Waals surface area (Å²) in [6.45, 7) is 0. The fraction of sp³-hybridized carbons (Fsp3) is 0.333. The highest BCUT2D eigenvalue weighted by molar-refractivity contribution is 6.21. The van der Waals surface area contributed by atoms with E-state index in [9.17, 15) is 22.0 Å². The zero-order valence-corrected chi connectivity index (χ0v) is 8.40. The molecule has 0 radical (unpaired) electrons. The molecule has 1 aromatic rings. The Hall–Kier alpha value is -1.04. The van der Waals surface area contributed by atoms with E-state index in [1.54, 1.807) is 0 Å². The predicted octanol–water partition coefficient (Wildman–Crippen LogP) is 3.83. The van der Waals surface area contributed by atoms with Crippen LogP contribution in [-0.2, 0) is 0 Å². The fourth-order valence-electron chi connectivity index (χ4n) is 0.888. The Morgan fingerprint density at radius 1 is 1.00 bits per heavy atom. The van der Waals surface area contributed by atoms with Gasteiger partial charge in [0.15, 0.2) is 0 Å². The lowest BCUT2D eigenvalue weighted by Gasteiger charge is -2.24. The second-order valence-electron chi connectivity index (χ2n) is 2.88. The van der Waals surface area contributed by atoms with Gasteiger partial charge >= 0.3 is 12.3 Å². The molecule has 0 aliphatic carbocycles. The zero-order valence-electron chi connectivity index (χ0n) is 7.64. The smallest absolute Gasteiger partial charge is 0.423 e. The minimum absolute atomic E-state index is 0.387. The molecule has 0 bridgehead atoms. The predicted molar refractivity (Wildman–Crippen MR) is 47.7 cm³/mol. The van der Waals surface area contributed by atoms with Crippen molar-refractivity contribution in [2.45, 2.75) is 17.7 Å². The molecular weight excluding hydrogens is 255 g/mol. The molecule has 0 aliphatic rings. The molecule has 0 N–H and O–H groups in total. The fourth-order valence-corrected chi connectivity index (χ4v) is 0.932. The van der Waals surface area contributed by atoms with Gasteiger partial charge in [0.1, 0.15) is 5.75 Å². The number of hydrogen-bond acceptors (Lipinski definition) is 1. The molecule has 16 heavy (non-hydrogen) atoms. The van der Waals surface area contributed by atoms with Crippen molar-refractivity contribution in [1.29, 1.82) is 0 Å². The summed E-state index contributed by atoms with van der Waals surface area (Å²) in [6.07, 6.45) is -9.75. The van der Waals surface area contributed by atoms with E-state index in [4.69, 9.17) is 0 Å². The first-order valence-corrected chi connectivity index (χ1v) is 4.50. The normalized spacial score (nSPS) is 14.6. The molecule has 90 valence electrons. The summed E-state index contributed by atoms with van der Waals surface area (Å²) in [7, 11) is 0. The lowest BCUT2D eigenvalue weighted by molar-refractivity contribution is -0.249. The number of alkyl halides is 6. The lowest BCUT2D eigenvalue weighted by atomic mass is 10.3. The first-order valence-electron chi connectivity index (χ1n) is 4.06. The van der Waals surface area contributed by atoms with Crippen molar-refractivity contribution < 1.29 is 26.7 Å². The van der Waals surface area contributed by atoms with Crippen LogP contribution in [0.25, 0.3) is 0 Å². The van der Waals surface area contributed by atoms with Crippen molar-refractivity contribution in [3.05, 3.63) is 30.3 Å². The van der Waals surface area contributed by atoms with Gasteiger partial charge in [-0.2, -0.15) is 22.0 Å². The molecule has 1 unspecified atom stereocenters. The van der Waals surface area contributed by atoms with E-state index < -0.39 is 17.7 Å². The molecule has 1 aromatic carbocycles. The van der Waals surface area contributed by atoms with Crippen LogP contribution >= 0.6 is 11.6 Å². The van der Waals surface area contributed by atoms with Crippen LogP contribution in [0, 0.1) is 0 Å². The number of ether oxygens (including phenoxy) is 1. The maximum atomic E-state index is 12.9. The minimum Gasteiger partial charge on any atom is -0.431 e. The van der Waals surface area contributed by atoms with Gasteiger partial charge < -0.3 is 4.74 Å². The Bertz CT molecular complexity index is 338. The van der Waals surface area contributed by atoms with Gasteiger partial charge in [-0.25, -0.2) is 0 Å². The molecule has 0 heterocycles. The van der Waals surface area contributed by atoms with Crippen LogP contribution < -0.4 is 4.74 Å². The van der Waals surface area contributed by atoms with Gasteiger partial charge in [-0.1, -0.05) is 18.2 Å². The van der Waals surface area contributed by atoms with Crippen LogP contribution in [0.4, 0.5) is 22.0 Å². The number of rotatable bonds is 3. The Morgan fingerprint density at radius 2 is 1.50 bits per heavy atom. The minimum atomic E-state index is -5.24. The SMILES string of the molecule is FC(F)(F)C(Cl)C(F)(F)Oc1ccccc1. The first kappa shape index (κ1) is 13.0. The Morgan fingerprint density at radius 3 is 1.94 bits per heavy atom. The summed E-state index contributed by atoms with van der Waals surface area (Å²) in [5.74, 6) is -0.387. The second-order valence-corrected chi connectivity index (χ2v) is 3.32. The van der Waals surface area contributed by atoms with Crippen molar-refractivity contribution >= 4 is 11.6 Å². The van der Waals surface area contributed by atoms with E-state index in [0.717, 1.165) is 12.1 Å². The van der Waals surface area contributed by atoms with Crippen LogP contribution in [0.5, 0.6) is 5.75 Å². The summed E-state index contributed by atoms with van der Waals surface area (Å²) < 4.78 is 65.6. The average molecular weight is 261 g/mol. The third-order valence-corrected chi connectivity index (χ3v) is 2.08. The van der Waals surface area contributed by atoms with Gasteiger partial charge in [0.05, 0.1) is 0 Å². The van der Waals surface area contributed by atoms with Crippen LogP contribution in [0.3, 0.4) is 0 Å². The van der Waals surface area contributed by atoms with Gasteiger partial charge in [0.2, 0.25) is 5.38 Å². The summed E-state index contributed by atoms with van der Waals surface area (Å²) in [5, 5.41) is -3.39. The molecule has 0 spiro atoms. The third kappa shape index (κ3) is 3.23. The summed E-state index contributed by atoms with van der Waals surface area (Å²) in [6, 6.07) is 6.42. The number of halogens is 6. The maximum absolute atomic E-state index is 12.9. The molecule has 0 fully saturated rings. The Balaban J connectivity index is 2.80. The number of hydrogen-bond donors (Lipinski definition) is 0. The number of benzene rings is 1. The summed E-state index contributed by atoms with van der Waals surface area (Å²) >= 11 is 4.60. The van der Waals surface area contributed by atoms with Gasteiger partial charge in [0, 0.05) is 0 Å². The highest BCUT2D eigenvalue weighted by Crippen LogP contribution is 2.37. The molecule has 1 nitrogen and oxygen atoms in total. The third-order valence-electron chi connectivity index (χ3n) is 1.58. The zero-order chi connectivity index (χ0) is 12.4. The highest BCUT2D eigenvalue weighted by Gasteiger charge is 2.57. The van der Waals surface area contributed by atoms with Gasteiger partial charge in [-0.3, -0.25) is 0 Å². The van der Waals surface area contributed by atoms with Gasteiger partial charge in [-0.05, 0) is 12.1 Å². The van der Waals surface area contributed by atoms with Gasteiger partial charge in [-0.15, -0.1) is 11.6 Å². The Labute approximate surface area is 92.8 Å². The van der Waals surface area contributed by atoms with Gasteiger partial charge in [0.25, 0.3) is 0 Å². The van der Waals surface area contributed by atoms with Crippen molar-refractivity contribution in [3.63, 3.8) is 0 Å². The molecule has 0 amide bonds. The van der Waals surface area contributed by atoms with Crippen molar-refractivity contribution in [2.75, 3.05) is 0 Å². The molecule has 0 aromatic heterocycles. The van der Waals surface area contributed by atoms with Crippen molar-refractivity contribution in [2.24, 2.45) is 0 Å². The maximum Gasteiger partial charge on any atom is 0.423 e. The van der Waals surface area contributed by atoms with E-state index in [1.165, 1.54) is 18.2 Å². The quantitative estimate of drug-likeness (QED) is 0.593. The van der Waals surface area contributed by atoms with Crippen LogP contribution in [-0.4, -0.2) is 17.7 Å². The monoisotopic (exact) mass is 260 g/mol. The van der Waals surface area contributed by atoms with Crippen LogP contribution in [0.1, 0.15) is 0 Å². The molecule has 1 atom stereocenters. The second kappa shape index (κ2) is 4.45.